The Kier molecular flexibility index (Phi) is 4.96. The van der Waals surface area contributed by atoms with E-state index in [1.807, 2.05) is 48.5 Å². The molecule has 0 spiro atoms. The topological polar surface area (TPSA) is 26.3 Å². The minimum absolute atomic E-state index is 0.0802. The molecule has 2 aromatic carbocycles. The Hall–Kier alpha value is -1.83. The second kappa shape index (κ2) is 6.93. The Morgan fingerprint density at radius 1 is 1.00 bits per heavy atom. The number of carbonyl (C=O) groups is 1. The molecule has 96 valence electrons. The summed E-state index contributed by atoms with van der Waals surface area (Å²) in [5.41, 5.74) is 1.07. The molecule has 0 aliphatic carbocycles. The van der Waals surface area contributed by atoms with E-state index >= 15 is 0 Å². The van der Waals surface area contributed by atoms with Crippen LogP contribution in [0.3, 0.4) is 0 Å². The summed E-state index contributed by atoms with van der Waals surface area (Å²) in [6.07, 6.45) is 1.59. The molecular formula is C16H14O2Se. The number of ether oxygens (including phenoxy) is 1. The Morgan fingerprint density at radius 3 is 2.16 bits per heavy atom. The van der Waals surface area contributed by atoms with Gasteiger partial charge in [-0.1, -0.05) is 0 Å². The van der Waals surface area contributed by atoms with Gasteiger partial charge in [0.2, 0.25) is 0 Å². The average molecular weight is 317 g/mol. The third-order valence-corrected chi connectivity index (χ3v) is 4.75. The first-order valence-corrected chi connectivity index (χ1v) is 7.59. The number of benzene rings is 2. The van der Waals surface area contributed by atoms with Crippen LogP contribution in [0.25, 0.3) is 4.47 Å². The van der Waals surface area contributed by atoms with Crippen molar-refractivity contribution in [1.82, 2.24) is 0 Å². The number of rotatable bonds is 4. The van der Waals surface area contributed by atoms with E-state index < -0.39 is 0 Å². The van der Waals surface area contributed by atoms with E-state index in [9.17, 15) is 4.79 Å². The van der Waals surface area contributed by atoms with Gasteiger partial charge in [-0.2, -0.15) is 0 Å². The van der Waals surface area contributed by atoms with Crippen molar-refractivity contribution in [3.05, 3.63) is 72.3 Å². The first-order chi connectivity index (χ1) is 9.29. The van der Waals surface area contributed by atoms with Crippen LogP contribution in [-0.4, -0.2) is 28.0 Å². The van der Waals surface area contributed by atoms with Crippen molar-refractivity contribution in [2.24, 2.45) is 0 Å². The summed E-state index contributed by atoms with van der Waals surface area (Å²) in [6.45, 7) is 0. The quantitative estimate of drug-likeness (QED) is 0.491. The molecule has 0 N–H and O–H groups in total. The van der Waals surface area contributed by atoms with Crippen molar-refractivity contribution in [3.8, 4) is 0 Å². The Morgan fingerprint density at radius 2 is 1.58 bits per heavy atom. The van der Waals surface area contributed by atoms with Crippen molar-refractivity contribution in [3.63, 3.8) is 0 Å². The number of methoxy groups -OCH3 is 1. The van der Waals surface area contributed by atoms with E-state index in [1.165, 1.54) is 11.6 Å². The van der Waals surface area contributed by atoms with Crippen LogP contribution in [0.1, 0.15) is 5.56 Å². The Labute approximate surface area is 119 Å². The molecule has 0 aliphatic heterocycles. The van der Waals surface area contributed by atoms with Gasteiger partial charge in [-0.25, -0.2) is 0 Å². The normalized spacial score (nSPS) is 11.1. The van der Waals surface area contributed by atoms with Gasteiger partial charge >= 0.3 is 119 Å². The summed E-state index contributed by atoms with van der Waals surface area (Å²) in [5.74, 6) is -0.309. The standard InChI is InChI=1S/C16H14O2Se/c1-18-16(17)12-15(13-8-4-2-5-9-13)19-14-10-6-3-7-11-14/h2-12H,1H3/b15-12-. The van der Waals surface area contributed by atoms with E-state index in [2.05, 4.69) is 12.1 Å². The summed E-state index contributed by atoms with van der Waals surface area (Å²) in [7, 11) is 1.40. The molecule has 0 aliphatic rings. The fraction of sp³-hybridized carbons (Fsp3) is 0.0625. The zero-order chi connectivity index (χ0) is 13.5. The fourth-order valence-electron chi connectivity index (χ4n) is 1.56. The van der Waals surface area contributed by atoms with Crippen LogP contribution >= 0.6 is 0 Å². The van der Waals surface area contributed by atoms with Crippen LogP contribution in [0, 0.1) is 0 Å². The molecule has 2 nitrogen and oxygen atoms in total. The molecule has 0 radical (unpaired) electrons. The van der Waals surface area contributed by atoms with Crippen molar-refractivity contribution in [2.75, 3.05) is 7.11 Å². The summed E-state index contributed by atoms with van der Waals surface area (Å²) >= 11 is 0.0802. The second-order valence-electron chi connectivity index (χ2n) is 3.81. The van der Waals surface area contributed by atoms with Crippen LogP contribution in [0.5, 0.6) is 0 Å². The monoisotopic (exact) mass is 318 g/mol. The second-order valence-corrected chi connectivity index (χ2v) is 6.15. The van der Waals surface area contributed by atoms with Gasteiger partial charge in [0.05, 0.1) is 0 Å². The maximum absolute atomic E-state index is 11.5. The predicted molar refractivity (Wildman–Crippen MR) is 78.3 cm³/mol. The van der Waals surface area contributed by atoms with Gasteiger partial charge in [0.25, 0.3) is 0 Å². The van der Waals surface area contributed by atoms with Gasteiger partial charge in [0.15, 0.2) is 0 Å². The molecule has 2 aromatic rings. The van der Waals surface area contributed by atoms with E-state index in [0.29, 0.717) is 0 Å². The van der Waals surface area contributed by atoms with Crippen molar-refractivity contribution >= 4 is 29.9 Å². The van der Waals surface area contributed by atoms with Crippen LogP contribution in [0.2, 0.25) is 0 Å². The third kappa shape index (κ3) is 4.09. The van der Waals surface area contributed by atoms with E-state index in [4.69, 9.17) is 4.74 Å². The fourth-order valence-corrected chi connectivity index (χ4v) is 3.56. The Balaban J connectivity index is 2.30. The zero-order valence-corrected chi connectivity index (χ0v) is 12.3. The summed E-state index contributed by atoms with van der Waals surface area (Å²) < 4.78 is 6.98. The number of carbonyl (C=O) groups excluding carboxylic acids is 1. The van der Waals surface area contributed by atoms with Crippen molar-refractivity contribution in [2.45, 2.75) is 0 Å². The van der Waals surface area contributed by atoms with Gasteiger partial charge in [0, 0.05) is 0 Å². The van der Waals surface area contributed by atoms with Crippen molar-refractivity contribution < 1.29 is 9.53 Å². The molecule has 0 bridgehead atoms. The van der Waals surface area contributed by atoms with E-state index in [-0.39, 0.29) is 20.9 Å². The third-order valence-electron chi connectivity index (χ3n) is 2.48. The van der Waals surface area contributed by atoms with Crippen LogP contribution in [0.15, 0.2) is 66.7 Å². The number of hydrogen-bond donors (Lipinski definition) is 0. The molecule has 0 aromatic heterocycles. The Bertz CT molecular complexity index is 562. The SMILES string of the molecule is COC(=O)/C=C(\[Se]c1ccccc1)c1ccccc1. The van der Waals surface area contributed by atoms with Gasteiger partial charge in [-0.15, -0.1) is 0 Å². The molecule has 0 amide bonds. The number of hydrogen-bond acceptors (Lipinski definition) is 2. The van der Waals surface area contributed by atoms with Crippen LogP contribution in [0.4, 0.5) is 0 Å². The van der Waals surface area contributed by atoms with E-state index in [1.54, 1.807) is 6.08 Å². The number of esters is 1. The molecular weight excluding hydrogens is 303 g/mol. The molecule has 19 heavy (non-hydrogen) atoms. The van der Waals surface area contributed by atoms with Crippen molar-refractivity contribution in [1.29, 1.82) is 0 Å². The summed E-state index contributed by atoms with van der Waals surface area (Å²) in [5, 5.41) is 0. The molecule has 0 atom stereocenters. The summed E-state index contributed by atoms with van der Waals surface area (Å²) in [4.78, 5) is 11.5. The molecule has 0 heterocycles. The zero-order valence-electron chi connectivity index (χ0n) is 10.6. The molecule has 0 fully saturated rings. The van der Waals surface area contributed by atoms with E-state index in [0.717, 1.165) is 10.0 Å². The summed E-state index contributed by atoms with van der Waals surface area (Å²) in [6, 6.07) is 20.1. The van der Waals surface area contributed by atoms with Gasteiger partial charge in [-0.05, 0) is 0 Å². The van der Waals surface area contributed by atoms with Crippen LogP contribution in [-0.2, 0) is 9.53 Å². The first-order valence-electron chi connectivity index (χ1n) is 5.87. The molecule has 2 rings (SSSR count). The molecule has 0 saturated heterocycles. The maximum atomic E-state index is 11.5. The molecule has 3 heteroatoms. The van der Waals surface area contributed by atoms with Gasteiger partial charge < -0.3 is 0 Å². The molecule has 0 unspecified atom stereocenters. The minimum atomic E-state index is -0.309. The average Bonchev–Trinajstić information content (AvgIpc) is 2.48. The van der Waals surface area contributed by atoms with Crippen LogP contribution < -0.4 is 4.46 Å². The predicted octanol–water partition coefficient (Wildman–Crippen LogP) is 2.23. The first kappa shape index (κ1) is 13.6. The molecule has 0 saturated carbocycles. The van der Waals surface area contributed by atoms with Gasteiger partial charge in [-0.3, -0.25) is 0 Å². The van der Waals surface area contributed by atoms with Gasteiger partial charge in [0.1, 0.15) is 0 Å².